The van der Waals surface area contributed by atoms with Crippen LogP contribution in [0.4, 0.5) is 4.79 Å². The summed E-state index contributed by atoms with van der Waals surface area (Å²) in [5.74, 6) is -0.596. The van der Waals surface area contributed by atoms with Gasteiger partial charge in [-0.05, 0) is 24.8 Å². The Bertz CT molecular complexity index is 615. The molecule has 0 saturated heterocycles. The quantitative estimate of drug-likeness (QED) is 0.0694. The second-order valence-electron chi connectivity index (χ2n) is 9.48. The highest BCUT2D eigenvalue weighted by molar-refractivity contribution is 5.92. The SMILES string of the molecule is CCCCCCCCCCCCCCC(O)C(O)C(CO)N(C(=O)CCCCCN=[N+]=[N-])C(=O)OC. The van der Waals surface area contributed by atoms with Gasteiger partial charge in [0.15, 0.2) is 0 Å². The molecule has 0 heterocycles. The number of nitrogens with zero attached hydrogens (tertiary/aromatic N) is 4. The van der Waals surface area contributed by atoms with E-state index >= 15 is 0 Å². The van der Waals surface area contributed by atoms with E-state index in [0.717, 1.165) is 26.4 Å². The van der Waals surface area contributed by atoms with Crippen LogP contribution in [0.15, 0.2) is 5.11 Å². The van der Waals surface area contributed by atoms with E-state index in [1.54, 1.807) is 0 Å². The number of hydrogen-bond donors (Lipinski definition) is 3. The van der Waals surface area contributed by atoms with E-state index in [4.69, 9.17) is 10.3 Å². The Balaban J connectivity index is 4.40. The number of amides is 2. The van der Waals surface area contributed by atoms with Crippen molar-refractivity contribution >= 4 is 12.0 Å². The minimum absolute atomic E-state index is 0.00340. The van der Waals surface area contributed by atoms with E-state index in [1.807, 2.05) is 0 Å². The van der Waals surface area contributed by atoms with Gasteiger partial charge in [0.25, 0.3) is 0 Å². The molecular weight excluding hydrogens is 464 g/mol. The summed E-state index contributed by atoms with van der Waals surface area (Å²) in [5.41, 5.74) is 8.28. The molecule has 3 N–H and O–H groups in total. The van der Waals surface area contributed by atoms with Crippen molar-refractivity contribution in [3.63, 3.8) is 0 Å². The largest absolute Gasteiger partial charge is 0.452 e. The summed E-state index contributed by atoms with van der Waals surface area (Å²) >= 11 is 0. The lowest BCUT2D eigenvalue weighted by molar-refractivity contribution is -0.137. The smallest absolute Gasteiger partial charge is 0.416 e. The molecule has 0 bridgehead atoms. The van der Waals surface area contributed by atoms with Crippen LogP contribution in [0.1, 0.15) is 116 Å². The molecule has 0 aliphatic rings. The number of rotatable bonds is 23. The molecule has 3 atom stereocenters. The monoisotopic (exact) mass is 514 g/mol. The van der Waals surface area contributed by atoms with Crippen LogP contribution in [-0.4, -0.2) is 70.7 Å². The van der Waals surface area contributed by atoms with E-state index in [1.165, 1.54) is 51.4 Å². The Morgan fingerprint density at radius 2 is 1.42 bits per heavy atom. The van der Waals surface area contributed by atoms with Crippen LogP contribution in [0.2, 0.25) is 0 Å². The summed E-state index contributed by atoms with van der Waals surface area (Å²) in [6, 6.07) is -1.29. The highest BCUT2D eigenvalue weighted by Gasteiger charge is 2.37. The van der Waals surface area contributed by atoms with Crippen molar-refractivity contribution in [2.45, 2.75) is 134 Å². The summed E-state index contributed by atoms with van der Waals surface area (Å²) < 4.78 is 4.69. The lowest BCUT2D eigenvalue weighted by Gasteiger charge is -2.33. The van der Waals surface area contributed by atoms with Crippen LogP contribution >= 0.6 is 0 Å². The maximum absolute atomic E-state index is 12.7. The number of carbonyl (C=O) groups excluding carboxylic acids is 2. The summed E-state index contributed by atoms with van der Waals surface area (Å²) in [7, 11) is 1.12. The van der Waals surface area contributed by atoms with Gasteiger partial charge in [0.05, 0.1) is 25.9 Å². The molecule has 210 valence electrons. The third kappa shape index (κ3) is 16.0. The average Bonchev–Trinajstić information content (AvgIpc) is 2.88. The van der Waals surface area contributed by atoms with Crippen LogP contribution in [0.3, 0.4) is 0 Å². The highest BCUT2D eigenvalue weighted by atomic mass is 16.5. The maximum Gasteiger partial charge on any atom is 0.416 e. The summed E-state index contributed by atoms with van der Waals surface area (Å²) in [5, 5.41) is 34.4. The lowest BCUT2D eigenvalue weighted by Crippen LogP contribution is -2.55. The number of hydrogen-bond acceptors (Lipinski definition) is 7. The Kier molecular flexibility index (Phi) is 22.3. The molecule has 0 aliphatic heterocycles. The molecule has 36 heavy (non-hydrogen) atoms. The number of aliphatic hydroxyl groups excluding tert-OH is 3. The van der Waals surface area contributed by atoms with E-state index in [0.29, 0.717) is 43.5 Å². The number of unbranched alkanes of at least 4 members (excludes halogenated alkanes) is 13. The van der Waals surface area contributed by atoms with Crippen molar-refractivity contribution in [1.29, 1.82) is 0 Å². The van der Waals surface area contributed by atoms with E-state index < -0.39 is 36.9 Å². The molecule has 2 amide bonds. The fourth-order valence-electron chi connectivity index (χ4n) is 4.29. The first-order chi connectivity index (χ1) is 17.4. The van der Waals surface area contributed by atoms with Crippen LogP contribution in [0, 0.1) is 0 Å². The first-order valence-electron chi connectivity index (χ1n) is 13.8. The topological polar surface area (TPSA) is 156 Å². The Morgan fingerprint density at radius 3 is 1.92 bits per heavy atom. The van der Waals surface area contributed by atoms with Gasteiger partial charge in [-0.15, -0.1) is 0 Å². The molecule has 0 fully saturated rings. The van der Waals surface area contributed by atoms with Crippen molar-refractivity contribution in [1.82, 2.24) is 4.90 Å². The van der Waals surface area contributed by atoms with Gasteiger partial charge in [0.1, 0.15) is 6.10 Å². The van der Waals surface area contributed by atoms with Crippen molar-refractivity contribution in [3.8, 4) is 0 Å². The number of methoxy groups -OCH3 is 1. The van der Waals surface area contributed by atoms with Gasteiger partial charge in [0.2, 0.25) is 5.91 Å². The normalized spacial score (nSPS) is 13.5. The van der Waals surface area contributed by atoms with Gasteiger partial charge < -0.3 is 20.1 Å². The molecule has 0 rings (SSSR count). The molecule has 0 aromatic heterocycles. The fourth-order valence-corrected chi connectivity index (χ4v) is 4.29. The van der Waals surface area contributed by atoms with Gasteiger partial charge >= 0.3 is 6.09 Å². The lowest BCUT2D eigenvalue weighted by atomic mass is 9.98. The van der Waals surface area contributed by atoms with Crippen molar-refractivity contribution in [2.24, 2.45) is 5.11 Å². The number of aliphatic hydroxyl groups is 3. The van der Waals surface area contributed by atoms with Crippen molar-refractivity contribution in [3.05, 3.63) is 10.4 Å². The molecule has 0 aromatic carbocycles. The minimum atomic E-state index is -1.48. The number of imide groups is 1. The van der Waals surface area contributed by atoms with Gasteiger partial charge in [-0.3, -0.25) is 4.79 Å². The number of azide groups is 1. The van der Waals surface area contributed by atoms with Gasteiger partial charge in [-0.25, -0.2) is 9.69 Å². The maximum atomic E-state index is 12.7. The molecule has 10 heteroatoms. The fraction of sp³-hybridized carbons (Fsp3) is 0.923. The van der Waals surface area contributed by atoms with Crippen LogP contribution in [0.5, 0.6) is 0 Å². The molecule has 10 nitrogen and oxygen atoms in total. The standard InChI is InChI=1S/C26H50N4O6/c1-3-4-5-6-7-8-9-10-11-12-13-15-18-23(32)25(34)22(21-31)30(26(35)36-2)24(33)19-16-14-17-20-28-29-27/h22-23,25,31-32,34H,3-21H2,1-2H3. The van der Waals surface area contributed by atoms with Crippen LogP contribution < -0.4 is 0 Å². The van der Waals surface area contributed by atoms with Crippen LogP contribution in [0.25, 0.3) is 10.4 Å². The molecule has 0 saturated carbocycles. The molecule has 0 aromatic rings. The molecule has 0 aliphatic carbocycles. The summed E-state index contributed by atoms with van der Waals surface area (Å²) in [4.78, 5) is 28.3. The first-order valence-corrected chi connectivity index (χ1v) is 13.8. The molecular formula is C26H50N4O6. The van der Waals surface area contributed by atoms with Crippen LogP contribution in [-0.2, 0) is 9.53 Å². The zero-order valence-corrected chi connectivity index (χ0v) is 22.5. The second-order valence-corrected chi connectivity index (χ2v) is 9.48. The first kappa shape index (κ1) is 34.1. The third-order valence-electron chi connectivity index (χ3n) is 6.51. The zero-order chi connectivity index (χ0) is 27.0. The third-order valence-corrected chi connectivity index (χ3v) is 6.51. The van der Waals surface area contributed by atoms with Gasteiger partial charge in [0, 0.05) is 17.9 Å². The number of carbonyl (C=O) groups is 2. The minimum Gasteiger partial charge on any atom is -0.452 e. The number of ether oxygens (including phenoxy) is 1. The zero-order valence-electron chi connectivity index (χ0n) is 22.5. The van der Waals surface area contributed by atoms with Crippen molar-refractivity contribution in [2.75, 3.05) is 20.3 Å². The Labute approximate surface area is 217 Å². The Hall–Kier alpha value is -1.87. The Morgan fingerprint density at radius 1 is 0.889 bits per heavy atom. The summed E-state index contributed by atoms with van der Waals surface area (Å²) in [6.07, 6.45) is 12.6. The molecule has 3 unspecified atom stereocenters. The van der Waals surface area contributed by atoms with E-state index in [9.17, 15) is 24.9 Å². The van der Waals surface area contributed by atoms with E-state index in [2.05, 4.69) is 16.9 Å². The highest BCUT2D eigenvalue weighted by Crippen LogP contribution is 2.18. The van der Waals surface area contributed by atoms with Gasteiger partial charge in [-0.2, -0.15) is 0 Å². The molecule has 0 radical (unpaired) electrons. The van der Waals surface area contributed by atoms with Crippen molar-refractivity contribution < 1.29 is 29.6 Å². The van der Waals surface area contributed by atoms with E-state index in [-0.39, 0.29) is 6.42 Å². The predicted molar refractivity (Wildman–Crippen MR) is 140 cm³/mol. The average molecular weight is 515 g/mol. The molecule has 0 spiro atoms. The summed E-state index contributed by atoms with van der Waals surface area (Å²) in [6.45, 7) is 1.87. The van der Waals surface area contributed by atoms with Gasteiger partial charge in [-0.1, -0.05) is 95.5 Å². The predicted octanol–water partition coefficient (Wildman–Crippen LogP) is 5.63. The second kappa shape index (κ2) is 23.5.